The molecular formula is C14H14N4S. The number of fused-ring (bicyclic) bond motifs is 1. The van der Waals surface area contributed by atoms with Crippen LogP contribution in [-0.4, -0.2) is 21.1 Å². The molecule has 5 heteroatoms. The maximum absolute atomic E-state index is 5.89. The van der Waals surface area contributed by atoms with Crippen molar-refractivity contribution in [1.82, 2.24) is 14.6 Å². The molecule has 1 unspecified atom stereocenters. The number of rotatable bonds is 4. The van der Waals surface area contributed by atoms with Gasteiger partial charge in [-0.3, -0.25) is 4.40 Å². The van der Waals surface area contributed by atoms with Crippen LogP contribution in [0.4, 0.5) is 0 Å². The lowest BCUT2D eigenvalue weighted by Crippen LogP contribution is -2.09. The van der Waals surface area contributed by atoms with Crippen LogP contribution in [0.5, 0.6) is 0 Å². The maximum Gasteiger partial charge on any atom is 0.196 e. The lowest BCUT2D eigenvalue weighted by molar-refractivity contribution is 0.888. The minimum Gasteiger partial charge on any atom is -0.329 e. The molecule has 4 nitrogen and oxygen atoms in total. The zero-order valence-corrected chi connectivity index (χ0v) is 11.1. The summed E-state index contributed by atoms with van der Waals surface area (Å²) in [5, 5.41) is 9.44. The van der Waals surface area contributed by atoms with E-state index in [1.807, 2.05) is 47.0 Å². The quantitative estimate of drug-likeness (QED) is 0.740. The van der Waals surface area contributed by atoms with Crippen molar-refractivity contribution in [2.75, 3.05) is 6.54 Å². The van der Waals surface area contributed by atoms with E-state index in [1.54, 1.807) is 11.8 Å². The van der Waals surface area contributed by atoms with E-state index in [1.165, 1.54) is 5.56 Å². The summed E-state index contributed by atoms with van der Waals surface area (Å²) in [5.41, 5.74) is 7.95. The van der Waals surface area contributed by atoms with Crippen LogP contribution in [-0.2, 0) is 0 Å². The third-order valence-corrected chi connectivity index (χ3v) is 4.15. The van der Waals surface area contributed by atoms with Gasteiger partial charge in [-0.05, 0) is 17.7 Å². The molecule has 19 heavy (non-hydrogen) atoms. The molecule has 3 aromatic rings. The predicted molar refractivity (Wildman–Crippen MR) is 77.1 cm³/mol. The Kier molecular flexibility index (Phi) is 3.48. The van der Waals surface area contributed by atoms with Crippen LogP contribution in [0.3, 0.4) is 0 Å². The Morgan fingerprint density at radius 2 is 1.84 bits per heavy atom. The van der Waals surface area contributed by atoms with Crippen molar-refractivity contribution in [2.45, 2.75) is 10.4 Å². The molecule has 0 aliphatic heterocycles. The number of pyridine rings is 1. The van der Waals surface area contributed by atoms with Crippen molar-refractivity contribution in [3.05, 3.63) is 60.3 Å². The minimum atomic E-state index is 0.189. The first-order chi connectivity index (χ1) is 9.38. The van der Waals surface area contributed by atoms with E-state index in [-0.39, 0.29) is 5.25 Å². The first kappa shape index (κ1) is 12.2. The average molecular weight is 270 g/mol. The van der Waals surface area contributed by atoms with Crippen molar-refractivity contribution in [3.8, 4) is 0 Å². The molecule has 0 bridgehead atoms. The molecule has 2 N–H and O–H groups in total. The van der Waals surface area contributed by atoms with Crippen molar-refractivity contribution < 1.29 is 0 Å². The highest BCUT2D eigenvalue weighted by atomic mass is 32.2. The Morgan fingerprint density at radius 1 is 1.05 bits per heavy atom. The summed E-state index contributed by atoms with van der Waals surface area (Å²) in [6, 6.07) is 16.1. The van der Waals surface area contributed by atoms with Gasteiger partial charge in [-0.15, -0.1) is 10.2 Å². The molecule has 0 spiro atoms. The van der Waals surface area contributed by atoms with Gasteiger partial charge in [0.25, 0.3) is 0 Å². The highest BCUT2D eigenvalue weighted by Gasteiger charge is 2.15. The van der Waals surface area contributed by atoms with Crippen LogP contribution in [0.25, 0.3) is 5.65 Å². The monoisotopic (exact) mass is 270 g/mol. The molecule has 2 heterocycles. The maximum atomic E-state index is 5.89. The fourth-order valence-electron chi connectivity index (χ4n) is 1.95. The molecular weight excluding hydrogens is 256 g/mol. The van der Waals surface area contributed by atoms with Gasteiger partial charge < -0.3 is 5.73 Å². The smallest absolute Gasteiger partial charge is 0.196 e. The Hall–Kier alpha value is -1.85. The van der Waals surface area contributed by atoms with Gasteiger partial charge in [0.05, 0.1) is 0 Å². The molecule has 0 fully saturated rings. The Balaban J connectivity index is 1.91. The van der Waals surface area contributed by atoms with Crippen LogP contribution >= 0.6 is 11.8 Å². The third kappa shape index (κ3) is 2.47. The number of hydrogen-bond acceptors (Lipinski definition) is 4. The van der Waals surface area contributed by atoms with Gasteiger partial charge in [0.15, 0.2) is 10.8 Å². The number of nitrogens with two attached hydrogens (primary N) is 1. The molecule has 3 rings (SSSR count). The summed E-state index contributed by atoms with van der Waals surface area (Å²) in [7, 11) is 0. The molecule has 2 aromatic heterocycles. The third-order valence-electron chi connectivity index (χ3n) is 2.92. The average Bonchev–Trinajstić information content (AvgIpc) is 2.89. The number of nitrogens with zero attached hydrogens (tertiary/aromatic N) is 3. The molecule has 0 amide bonds. The molecule has 0 aliphatic rings. The Labute approximate surface area is 115 Å². The SMILES string of the molecule is NCC(Sc1nnc2ccccn12)c1ccccc1. The zero-order chi connectivity index (χ0) is 13.1. The van der Waals surface area contributed by atoms with Gasteiger partial charge >= 0.3 is 0 Å². The Bertz CT molecular complexity index is 665. The van der Waals surface area contributed by atoms with Gasteiger partial charge in [-0.2, -0.15) is 0 Å². The highest BCUT2D eigenvalue weighted by molar-refractivity contribution is 7.99. The predicted octanol–water partition coefficient (Wildman–Crippen LogP) is 2.52. The van der Waals surface area contributed by atoms with Crippen molar-refractivity contribution in [1.29, 1.82) is 0 Å². The van der Waals surface area contributed by atoms with E-state index >= 15 is 0 Å². The van der Waals surface area contributed by atoms with Gasteiger partial charge in [-0.25, -0.2) is 0 Å². The fraction of sp³-hybridized carbons (Fsp3) is 0.143. The molecule has 0 saturated carbocycles. The molecule has 0 aliphatic carbocycles. The van der Waals surface area contributed by atoms with Crippen LogP contribution in [0.2, 0.25) is 0 Å². The molecule has 1 aromatic carbocycles. The van der Waals surface area contributed by atoms with E-state index < -0.39 is 0 Å². The van der Waals surface area contributed by atoms with E-state index in [4.69, 9.17) is 5.73 Å². The second-order valence-electron chi connectivity index (χ2n) is 4.16. The minimum absolute atomic E-state index is 0.189. The van der Waals surface area contributed by atoms with Crippen LogP contribution < -0.4 is 5.73 Å². The van der Waals surface area contributed by atoms with Gasteiger partial charge in [0.2, 0.25) is 0 Å². The number of thioether (sulfide) groups is 1. The van der Waals surface area contributed by atoms with E-state index in [0.717, 1.165) is 10.8 Å². The van der Waals surface area contributed by atoms with E-state index in [0.29, 0.717) is 6.54 Å². The topological polar surface area (TPSA) is 56.2 Å². The summed E-state index contributed by atoms with van der Waals surface area (Å²) >= 11 is 1.64. The molecule has 0 radical (unpaired) electrons. The summed E-state index contributed by atoms with van der Waals surface area (Å²) in [5.74, 6) is 0. The zero-order valence-electron chi connectivity index (χ0n) is 10.3. The van der Waals surface area contributed by atoms with Crippen molar-refractivity contribution >= 4 is 17.4 Å². The van der Waals surface area contributed by atoms with E-state index in [9.17, 15) is 0 Å². The van der Waals surface area contributed by atoms with Crippen LogP contribution in [0.1, 0.15) is 10.8 Å². The molecule has 0 saturated heterocycles. The first-order valence-electron chi connectivity index (χ1n) is 6.10. The van der Waals surface area contributed by atoms with Gasteiger partial charge in [-0.1, -0.05) is 48.2 Å². The van der Waals surface area contributed by atoms with Gasteiger partial charge in [0, 0.05) is 18.0 Å². The summed E-state index contributed by atoms with van der Waals surface area (Å²) < 4.78 is 1.98. The second-order valence-corrected chi connectivity index (χ2v) is 5.33. The van der Waals surface area contributed by atoms with Crippen molar-refractivity contribution in [3.63, 3.8) is 0 Å². The second kappa shape index (κ2) is 5.42. The standard InChI is InChI=1S/C14H14N4S/c15-10-12(11-6-2-1-3-7-11)19-14-17-16-13-8-4-5-9-18(13)14/h1-9,12H,10,15H2. The first-order valence-corrected chi connectivity index (χ1v) is 6.98. The molecule has 1 atom stereocenters. The fourth-order valence-corrected chi connectivity index (χ4v) is 2.95. The lowest BCUT2D eigenvalue weighted by atomic mass is 10.1. The van der Waals surface area contributed by atoms with Crippen molar-refractivity contribution in [2.24, 2.45) is 5.73 Å². The summed E-state index contributed by atoms with van der Waals surface area (Å²) in [4.78, 5) is 0. The van der Waals surface area contributed by atoms with E-state index in [2.05, 4.69) is 22.3 Å². The highest BCUT2D eigenvalue weighted by Crippen LogP contribution is 2.33. The van der Waals surface area contributed by atoms with Crippen LogP contribution in [0, 0.1) is 0 Å². The normalized spacial score (nSPS) is 12.7. The van der Waals surface area contributed by atoms with Crippen LogP contribution in [0.15, 0.2) is 59.9 Å². The largest absolute Gasteiger partial charge is 0.329 e. The summed E-state index contributed by atoms with van der Waals surface area (Å²) in [6.45, 7) is 0.566. The molecule has 96 valence electrons. The number of hydrogen-bond donors (Lipinski definition) is 1. The lowest BCUT2D eigenvalue weighted by Gasteiger charge is -2.13. The number of aromatic nitrogens is 3. The summed E-state index contributed by atoms with van der Waals surface area (Å²) in [6.07, 6.45) is 1.97. The Morgan fingerprint density at radius 3 is 2.63 bits per heavy atom. The number of benzene rings is 1. The van der Waals surface area contributed by atoms with Gasteiger partial charge in [0.1, 0.15) is 0 Å².